The van der Waals surface area contributed by atoms with Crippen LogP contribution in [0.3, 0.4) is 0 Å². The topological polar surface area (TPSA) is 98.2 Å². The van der Waals surface area contributed by atoms with Gasteiger partial charge in [0.25, 0.3) is 5.89 Å². The lowest BCUT2D eigenvalue weighted by Gasteiger charge is -2.20. The van der Waals surface area contributed by atoms with Gasteiger partial charge in [0, 0.05) is 25.4 Å². The van der Waals surface area contributed by atoms with Gasteiger partial charge in [-0.3, -0.25) is 4.79 Å². The SMILES string of the molecule is CC(=O)NC(C)(C)c1noc(-c2cc3ncc(Br)cn3n2)n1. The zero-order chi connectivity index (χ0) is 15.9. The van der Waals surface area contributed by atoms with Crippen LogP contribution in [0.15, 0.2) is 27.5 Å². The summed E-state index contributed by atoms with van der Waals surface area (Å²) in [6.45, 7) is 5.03. The molecule has 0 bridgehead atoms. The number of fused-ring (bicyclic) bond motifs is 1. The molecule has 0 aliphatic carbocycles. The molecule has 1 amide bonds. The minimum absolute atomic E-state index is 0.168. The van der Waals surface area contributed by atoms with Crippen molar-refractivity contribution in [3.05, 3.63) is 28.8 Å². The molecule has 0 aromatic carbocycles. The fourth-order valence-electron chi connectivity index (χ4n) is 2.04. The van der Waals surface area contributed by atoms with Gasteiger partial charge in [0.05, 0.1) is 10.0 Å². The van der Waals surface area contributed by atoms with Gasteiger partial charge in [-0.2, -0.15) is 10.1 Å². The zero-order valence-corrected chi connectivity index (χ0v) is 13.7. The fourth-order valence-corrected chi connectivity index (χ4v) is 2.33. The van der Waals surface area contributed by atoms with Crippen LogP contribution in [0.1, 0.15) is 26.6 Å². The molecule has 0 unspecified atom stereocenters. The number of carbonyl (C=O) groups is 1. The highest BCUT2D eigenvalue weighted by atomic mass is 79.9. The van der Waals surface area contributed by atoms with Crippen molar-refractivity contribution in [1.82, 2.24) is 30.1 Å². The highest BCUT2D eigenvalue weighted by molar-refractivity contribution is 9.10. The van der Waals surface area contributed by atoms with Crippen molar-refractivity contribution in [3.8, 4) is 11.6 Å². The Morgan fingerprint density at radius 3 is 2.95 bits per heavy atom. The molecule has 0 saturated heterocycles. The normalized spacial score (nSPS) is 11.8. The molecule has 0 atom stereocenters. The number of halogens is 1. The molecule has 3 heterocycles. The second kappa shape index (κ2) is 5.16. The Labute approximate surface area is 134 Å². The quantitative estimate of drug-likeness (QED) is 0.762. The molecule has 0 saturated carbocycles. The van der Waals surface area contributed by atoms with Crippen LogP contribution in [0.25, 0.3) is 17.2 Å². The van der Waals surface area contributed by atoms with E-state index in [9.17, 15) is 4.79 Å². The van der Waals surface area contributed by atoms with E-state index in [-0.39, 0.29) is 11.8 Å². The van der Waals surface area contributed by atoms with Crippen LogP contribution in [0.5, 0.6) is 0 Å². The van der Waals surface area contributed by atoms with E-state index in [0.717, 1.165) is 4.47 Å². The van der Waals surface area contributed by atoms with E-state index < -0.39 is 5.54 Å². The molecule has 22 heavy (non-hydrogen) atoms. The average Bonchev–Trinajstić information content (AvgIpc) is 3.02. The number of nitrogens with zero attached hydrogens (tertiary/aromatic N) is 5. The van der Waals surface area contributed by atoms with E-state index in [4.69, 9.17) is 4.52 Å². The van der Waals surface area contributed by atoms with E-state index >= 15 is 0 Å². The molecular formula is C13H13BrN6O2. The smallest absolute Gasteiger partial charge is 0.278 e. The third-order valence-corrected chi connectivity index (χ3v) is 3.38. The summed E-state index contributed by atoms with van der Waals surface area (Å²) in [7, 11) is 0. The predicted molar refractivity (Wildman–Crippen MR) is 80.8 cm³/mol. The molecule has 9 heteroatoms. The van der Waals surface area contributed by atoms with Gasteiger partial charge in [0.1, 0.15) is 0 Å². The van der Waals surface area contributed by atoms with Crippen molar-refractivity contribution in [2.75, 3.05) is 0 Å². The maximum atomic E-state index is 11.2. The van der Waals surface area contributed by atoms with Crippen LogP contribution in [0.4, 0.5) is 0 Å². The van der Waals surface area contributed by atoms with Crippen molar-refractivity contribution in [1.29, 1.82) is 0 Å². The Kier molecular flexibility index (Phi) is 3.44. The van der Waals surface area contributed by atoms with Crippen LogP contribution >= 0.6 is 15.9 Å². The van der Waals surface area contributed by atoms with Gasteiger partial charge in [0.2, 0.25) is 5.91 Å². The molecule has 1 N–H and O–H groups in total. The van der Waals surface area contributed by atoms with Crippen LogP contribution in [0, 0.1) is 0 Å². The van der Waals surface area contributed by atoms with Gasteiger partial charge in [-0.15, -0.1) is 0 Å². The Morgan fingerprint density at radius 2 is 2.23 bits per heavy atom. The Morgan fingerprint density at radius 1 is 1.45 bits per heavy atom. The molecule has 3 aromatic heterocycles. The zero-order valence-electron chi connectivity index (χ0n) is 12.2. The first kappa shape index (κ1) is 14.6. The van der Waals surface area contributed by atoms with Gasteiger partial charge in [-0.1, -0.05) is 5.16 Å². The second-order valence-electron chi connectivity index (χ2n) is 5.33. The molecule has 0 radical (unpaired) electrons. The summed E-state index contributed by atoms with van der Waals surface area (Å²) in [6, 6.07) is 1.75. The minimum atomic E-state index is -0.728. The number of amides is 1. The number of nitrogens with one attached hydrogen (secondary N) is 1. The first-order chi connectivity index (χ1) is 10.3. The maximum Gasteiger partial charge on any atom is 0.278 e. The molecule has 3 aromatic rings. The van der Waals surface area contributed by atoms with E-state index in [1.165, 1.54) is 6.92 Å². The van der Waals surface area contributed by atoms with Gasteiger partial charge in [-0.25, -0.2) is 9.50 Å². The molecule has 0 spiro atoms. The van der Waals surface area contributed by atoms with Gasteiger partial charge < -0.3 is 9.84 Å². The Hall–Kier alpha value is -2.29. The molecule has 0 aliphatic heterocycles. The molecule has 0 fully saturated rings. The summed E-state index contributed by atoms with van der Waals surface area (Å²) >= 11 is 3.34. The number of aromatic nitrogens is 5. The van der Waals surface area contributed by atoms with Crippen molar-refractivity contribution in [3.63, 3.8) is 0 Å². The van der Waals surface area contributed by atoms with Crippen LogP contribution in [-0.2, 0) is 10.3 Å². The number of rotatable bonds is 3. The first-order valence-corrected chi connectivity index (χ1v) is 7.29. The van der Waals surface area contributed by atoms with Crippen molar-refractivity contribution in [2.24, 2.45) is 0 Å². The standard InChI is InChI=1S/C13H13BrN6O2/c1-7(21)17-13(2,3)12-16-11(22-19-12)9-4-10-15-5-8(14)6-20(10)18-9/h4-6H,1-3H3,(H,17,21). The third kappa shape index (κ3) is 2.71. The minimum Gasteiger partial charge on any atom is -0.344 e. The fraction of sp³-hybridized carbons (Fsp3) is 0.308. The molecule has 8 nitrogen and oxygen atoms in total. The largest absolute Gasteiger partial charge is 0.344 e. The van der Waals surface area contributed by atoms with Gasteiger partial charge in [0.15, 0.2) is 17.2 Å². The Bertz CT molecular complexity index is 853. The molecular weight excluding hydrogens is 352 g/mol. The number of hydrogen-bond acceptors (Lipinski definition) is 6. The van der Waals surface area contributed by atoms with Crippen LogP contribution in [0.2, 0.25) is 0 Å². The van der Waals surface area contributed by atoms with E-state index in [1.54, 1.807) is 36.8 Å². The average molecular weight is 365 g/mol. The lowest BCUT2D eigenvalue weighted by atomic mass is 10.1. The van der Waals surface area contributed by atoms with Crippen molar-refractivity contribution in [2.45, 2.75) is 26.3 Å². The Balaban J connectivity index is 1.96. The number of carbonyl (C=O) groups excluding carboxylic acids is 1. The van der Waals surface area contributed by atoms with E-state index in [2.05, 4.69) is 41.5 Å². The second-order valence-corrected chi connectivity index (χ2v) is 6.25. The summed E-state index contributed by atoms with van der Waals surface area (Å²) in [5, 5.41) is 11.0. The highest BCUT2D eigenvalue weighted by Gasteiger charge is 2.28. The first-order valence-electron chi connectivity index (χ1n) is 6.49. The van der Waals surface area contributed by atoms with Gasteiger partial charge in [-0.05, 0) is 29.8 Å². The summed E-state index contributed by atoms with van der Waals surface area (Å²) < 4.78 is 7.68. The summed E-state index contributed by atoms with van der Waals surface area (Å²) in [5.41, 5.74) is 0.454. The summed E-state index contributed by atoms with van der Waals surface area (Å²) in [4.78, 5) is 19.8. The highest BCUT2D eigenvalue weighted by Crippen LogP contribution is 2.22. The monoisotopic (exact) mass is 364 g/mol. The van der Waals surface area contributed by atoms with Crippen molar-refractivity contribution >= 4 is 27.5 Å². The summed E-state index contributed by atoms with van der Waals surface area (Å²) in [5.74, 6) is 0.483. The lowest BCUT2D eigenvalue weighted by molar-refractivity contribution is -0.120. The maximum absolute atomic E-state index is 11.2. The van der Waals surface area contributed by atoms with E-state index in [0.29, 0.717) is 17.2 Å². The molecule has 0 aliphatic rings. The molecule has 114 valence electrons. The predicted octanol–water partition coefficient (Wildman–Crippen LogP) is 1.91. The van der Waals surface area contributed by atoms with Crippen LogP contribution in [-0.4, -0.2) is 30.6 Å². The third-order valence-electron chi connectivity index (χ3n) is 2.97. The number of hydrogen-bond donors (Lipinski definition) is 1. The van der Waals surface area contributed by atoms with E-state index in [1.807, 2.05) is 0 Å². The molecule has 3 rings (SSSR count). The summed E-state index contributed by atoms with van der Waals surface area (Å²) in [6.07, 6.45) is 3.46. The van der Waals surface area contributed by atoms with Crippen LogP contribution < -0.4 is 5.32 Å². The lowest BCUT2D eigenvalue weighted by Crippen LogP contribution is -2.40. The van der Waals surface area contributed by atoms with Crippen molar-refractivity contribution < 1.29 is 9.32 Å². The van der Waals surface area contributed by atoms with Gasteiger partial charge >= 0.3 is 0 Å².